The molecule has 6 nitrogen and oxygen atoms in total. The van der Waals surface area contributed by atoms with Gasteiger partial charge in [0.1, 0.15) is 0 Å². The lowest BCUT2D eigenvalue weighted by Crippen LogP contribution is -2.59. The number of rotatable bonds is 6. The van der Waals surface area contributed by atoms with Gasteiger partial charge in [-0.25, -0.2) is 0 Å². The highest BCUT2D eigenvalue weighted by Gasteiger charge is 2.38. The van der Waals surface area contributed by atoms with Gasteiger partial charge in [-0.2, -0.15) is 0 Å². The predicted molar refractivity (Wildman–Crippen MR) is 105 cm³/mol. The van der Waals surface area contributed by atoms with Crippen molar-refractivity contribution in [2.24, 2.45) is 0 Å². The SMILES string of the molecule is CC(=O)NCc1ccc(C(=O)NCC2(N3CCOCC3)CCCCC2)cc1. The summed E-state index contributed by atoms with van der Waals surface area (Å²) in [5, 5.41) is 5.95. The average Bonchev–Trinajstić information content (AvgIpc) is 2.72. The highest BCUT2D eigenvalue weighted by Crippen LogP contribution is 2.33. The quantitative estimate of drug-likeness (QED) is 0.801. The molecular weight excluding hydrogens is 342 g/mol. The van der Waals surface area contributed by atoms with E-state index in [1.807, 2.05) is 24.3 Å². The van der Waals surface area contributed by atoms with Crippen LogP contribution < -0.4 is 10.6 Å². The molecule has 1 aliphatic carbocycles. The van der Waals surface area contributed by atoms with Crippen molar-refractivity contribution in [1.82, 2.24) is 15.5 Å². The van der Waals surface area contributed by atoms with Gasteiger partial charge in [0.2, 0.25) is 5.91 Å². The zero-order valence-electron chi connectivity index (χ0n) is 16.3. The molecular formula is C21H31N3O3. The van der Waals surface area contributed by atoms with Gasteiger partial charge in [0, 0.05) is 44.2 Å². The zero-order chi connectivity index (χ0) is 19.1. The van der Waals surface area contributed by atoms with Crippen molar-refractivity contribution >= 4 is 11.8 Å². The van der Waals surface area contributed by atoms with Crippen molar-refractivity contribution in [3.05, 3.63) is 35.4 Å². The van der Waals surface area contributed by atoms with E-state index < -0.39 is 0 Å². The van der Waals surface area contributed by atoms with Gasteiger partial charge in [-0.1, -0.05) is 31.4 Å². The number of amides is 2. The fourth-order valence-corrected chi connectivity index (χ4v) is 4.20. The first-order chi connectivity index (χ1) is 13.1. The molecule has 1 aliphatic heterocycles. The summed E-state index contributed by atoms with van der Waals surface area (Å²) in [5.41, 5.74) is 1.72. The van der Waals surface area contributed by atoms with E-state index >= 15 is 0 Å². The highest BCUT2D eigenvalue weighted by atomic mass is 16.5. The van der Waals surface area contributed by atoms with E-state index in [1.54, 1.807) is 0 Å². The van der Waals surface area contributed by atoms with E-state index in [4.69, 9.17) is 4.74 Å². The first-order valence-corrected chi connectivity index (χ1v) is 10.0. The van der Waals surface area contributed by atoms with Crippen LogP contribution >= 0.6 is 0 Å². The number of carbonyl (C=O) groups excluding carboxylic acids is 2. The molecule has 1 heterocycles. The molecule has 0 unspecified atom stereocenters. The van der Waals surface area contributed by atoms with Crippen molar-refractivity contribution in [2.75, 3.05) is 32.8 Å². The van der Waals surface area contributed by atoms with E-state index in [1.165, 1.54) is 26.2 Å². The summed E-state index contributed by atoms with van der Waals surface area (Å²) < 4.78 is 5.52. The topological polar surface area (TPSA) is 70.7 Å². The maximum absolute atomic E-state index is 12.7. The second kappa shape index (κ2) is 9.33. The van der Waals surface area contributed by atoms with Gasteiger partial charge in [-0.15, -0.1) is 0 Å². The zero-order valence-corrected chi connectivity index (χ0v) is 16.3. The Hall–Kier alpha value is -1.92. The molecule has 0 aromatic heterocycles. The lowest BCUT2D eigenvalue weighted by molar-refractivity contribution is -0.119. The predicted octanol–water partition coefficient (Wildman–Crippen LogP) is 2.09. The molecule has 0 bridgehead atoms. The Balaban J connectivity index is 1.59. The van der Waals surface area contributed by atoms with Crippen LogP contribution in [0.15, 0.2) is 24.3 Å². The first-order valence-electron chi connectivity index (χ1n) is 10.0. The minimum absolute atomic E-state index is 0.0284. The summed E-state index contributed by atoms with van der Waals surface area (Å²) in [5.74, 6) is -0.0861. The molecule has 2 N–H and O–H groups in total. The molecule has 1 aromatic rings. The van der Waals surface area contributed by atoms with Gasteiger partial charge in [0.05, 0.1) is 13.2 Å². The number of nitrogens with zero attached hydrogens (tertiary/aromatic N) is 1. The molecule has 1 saturated heterocycles. The molecule has 2 amide bonds. The largest absolute Gasteiger partial charge is 0.379 e. The third-order valence-corrected chi connectivity index (χ3v) is 5.80. The van der Waals surface area contributed by atoms with E-state index in [0.29, 0.717) is 18.7 Å². The molecule has 2 fully saturated rings. The van der Waals surface area contributed by atoms with Gasteiger partial charge < -0.3 is 15.4 Å². The molecule has 3 rings (SSSR count). The fraction of sp³-hybridized carbons (Fsp3) is 0.619. The summed E-state index contributed by atoms with van der Waals surface area (Å²) >= 11 is 0. The van der Waals surface area contributed by atoms with Crippen LogP contribution in [-0.2, 0) is 16.1 Å². The lowest BCUT2D eigenvalue weighted by Gasteiger charge is -2.48. The van der Waals surface area contributed by atoms with Crippen LogP contribution in [-0.4, -0.2) is 55.1 Å². The summed E-state index contributed by atoms with van der Waals surface area (Å²) in [6, 6.07) is 7.44. The van der Waals surface area contributed by atoms with Crippen LogP contribution in [0.1, 0.15) is 54.9 Å². The molecule has 6 heteroatoms. The average molecular weight is 373 g/mol. The molecule has 27 heavy (non-hydrogen) atoms. The van der Waals surface area contributed by atoms with Gasteiger partial charge in [0.25, 0.3) is 5.91 Å². The van der Waals surface area contributed by atoms with Crippen LogP contribution in [0.2, 0.25) is 0 Å². The Kier molecular flexibility index (Phi) is 6.85. The van der Waals surface area contributed by atoms with Gasteiger partial charge >= 0.3 is 0 Å². The third kappa shape index (κ3) is 5.30. The number of benzene rings is 1. The first kappa shape index (κ1) is 19.8. The molecule has 2 aliphatic rings. The van der Waals surface area contributed by atoms with E-state index in [0.717, 1.165) is 44.7 Å². The molecule has 1 saturated carbocycles. The van der Waals surface area contributed by atoms with E-state index in [-0.39, 0.29) is 17.4 Å². The van der Waals surface area contributed by atoms with Crippen LogP contribution in [0.5, 0.6) is 0 Å². The van der Waals surface area contributed by atoms with Crippen molar-refractivity contribution in [1.29, 1.82) is 0 Å². The van der Waals surface area contributed by atoms with Crippen LogP contribution in [0.3, 0.4) is 0 Å². The van der Waals surface area contributed by atoms with Crippen LogP contribution in [0.25, 0.3) is 0 Å². The number of hydrogen-bond donors (Lipinski definition) is 2. The van der Waals surface area contributed by atoms with Gasteiger partial charge in [-0.3, -0.25) is 14.5 Å². The maximum atomic E-state index is 12.7. The smallest absolute Gasteiger partial charge is 0.251 e. The summed E-state index contributed by atoms with van der Waals surface area (Å²) in [6.45, 7) is 6.15. The maximum Gasteiger partial charge on any atom is 0.251 e. The molecule has 0 atom stereocenters. The third-order valence-electron chi connectivity index (χ3n) is 5.80. The number of carbonyl (C=O) groups is 2. The normalized spacial score (nSPS) is 20.0. The molecule has 1 aromatic carbocycles. The lowest BCUT2D eigenvalue weighted by atomic mass is 9.79. The van der Waals surface area contributed by atoms with E-state index in [9.17, 15) is 9.59 Å². The molecule has 0 spiro atoms. The Bertz CT molecular complexity index is 633. The minimum Gasteiger partial charge on any atom is -0.379 e. The van der Waals surface area contributed by atoms with Crippen molar-refractivity contribution in [2.45, 2.75) is 51.1 Å². The number of ether oxygens (including phenoxy) is 1. The number of hydrogen-bond acceptors (Lipinski definition) is 4. The molecule has 0 radical (unpaired) electrons. The minimum atomic E-state index is -0.0577. The van der Waals surface area contributed by atoms with Gasteiger partial charge in [0.15, 0.2) is 0 Å². The monoisotopic (exact) mass is 373 g/mol. The second-order valence-electron chi connectivity index (χ2n) is 7.67. The van der Waals surface area contributed by atoms with Crippen molar-refractivity contribution in [3.8, 4) is 0 Å². The van der Waals surface area contributed by atoms with Crippen LogP contribution in [0.4, 0.5) is 0 Å². The van der Waals surface area contributed by atoms with Crippen LogP contribution in [0, 0.1) is 0 Å². The standard InChI is InChI=1S/C21H31N3O3/c1-17(25)22-15-18-5-7-19(8-6-18)20(26)23-16-21(9-3-2-4-10-21)24-11-13-27-14-12-24/h5-8H,2-4,9-16H2,1H3,(H,22,25)(H,23,26). The highest BCUT2D eigenvalue weighted by molar-refractivity contribution is 5.94. The number of morpholine rings is 1. The second-order valence-corrected chi connectivity index (χ2v) is 7.67. The Labute approximate surface area is 161 Å². The Morgan fingerprint density at radius 3 is 2.33 bits per heavy atom. The summed E-state index contributed by atoms with van der Waals surface area (Å²) in [4.78, 5) is 26.2. The summed E-state index contributed by atoms with van der Waals surface area (Å²) in [6.07, 6.45) is 6.03. The fourth-order valence-electron chi connectivity index (χ4n) is 4.20. The van der Waals surface area contributed by atoms with E-state index in [2.05, 4.69) is 15.5 Å². The Morgan fingerprint density at radius 2 is 1.70 bits per heavy atom. The van der Waals surface area contributed by atoms with Gasteiger partial charge in [-0.05, 0) is 30.5 Å². The van der Waals surface area contributed by atoms with Crippen molar-refractivity contribution in [3.63, 3.8) is 0 Å². The molecule has 148 valence electrons. The number of nitrogens with one attached hydrogen (secondary N) is 2. The Morgan fingerprint density at radius 1 is 1.04 bits per heavy atom. The van der Waals surface area contributed by atoms with Crippen molar-refractivity contribution < 1.29 is 14.3 Å². The summed E-state index contributed by atoms with van der Waals surface area (Å²) in [7, 11) is 0.